The summed E-state index contributed by atoms with van der Waals surface area (Å²) in [4.78, 5) is 10.8. The Hall–Kier alpha value is -1.50. The van der Waals surface area contributed by atoms with Crippen molar-refractivity contribution >= 4 is 106 Å². The van der Waals surface area contributed by atoms with Crippen molar-refractivity contribution in [3.8, 4) is 33.9 Å². The lowest BCUT2D eigenvalue weighted by Gasteiger charge is -2.16. The molecular weight excluding hydrogens is 765 g/mol. The molecule has 2 aliphatic heterocycles. The summed E-state index contributed by atoms with van der Waals surface area (Å²) in [5.41, 5.74) is 15.9. The molecule has 0 saturated carbocycles. The molecule has 4 heterocycles. The number of hydrogen-bond acceptors (Lipinski definition) is 10. The molecule has 4 aromatic rings. The third kappa shape index (κ3) is 8.49. The van der Waals surface area contributed by atoms with Gasteiger partial charge in [-0.1, -0.05) is 82.4 Å². The van der Waals surface area contributed by atoms with Gasteiger partial charge in [-0.15, -0.1) is 47.0 Å². The normalized spacial score (nSPS) is 14.8. The number of benzene rings is 2. The van der Waals surface area contributed by atoms with E-state index in [1.165, 1.54) is 69.9 Å². The summed E-state index contributed by atoms with van der Waals surface area (Å²) >= 11 is 14.8. The maximum absolute atomic E-state index is 5.41. The lowest BCUT2D eigenvalue weighted by molar-refractivity contribution is 1.21. The summed E-state index contributed by atoms with van der Waals surface area (Å²) in [6, 6.07) is 18.0. The van der Waals surface area contributed by atoms with Gasteiger partial charge in [-0.05, 0) is 136 Å². The van der Waals surface area contributed by atoms with Crippen LogP contribution in [0.3, 0.4) is 0 Å². The van der Waals surface area contributed by atoms with Gasteiger partial charge in [0.2, 0.25) is 0 Å². The van der Waals surface area contributed by atoms with Crippen molar-refractivity contribution in [3.05, 3.63) is 118 Å². The number of thioether (sulfide) groups is 8. The van der Waals surface area contributed by atoms with Gasteiger partial charge in [-0.3, -0.25) is 0 Å². The molecule has 0 unspecified atom stereocenters. The van der Waals surface area contributed by atoms with E-state index in [1.807, 2.05) is 94.1 Å². The lowest BCUT2D eigenvalue weighted by Crippen LogP contribution is -1.99. The smallest absolute Gasteiger partial charge is 0.0900 e. The minimum Gasteiger partial charge on any atom is -0.246 e. The van der Waals surface area contributed by atoms with E-state index in [-0.39, 0.29) is 0 Å². The number of aromatic nitrogens is 2. The summed E-state index contributed by atoms with van der Waals surface area (Å²) in [5.74, 6) is 0. The van der Waals surface area contributed by atoms with Gasteiger partial charge in [-0.25, -0.2) is 9.97 Å². The van der Waals surface area contributed by atoms with Crippen LogP contribution in [0, 0.1) is 41.5 Å². The molecule has 6 rings (SSSR count). The van der Waals surface area contributed by atoms with E-state index in [1.54, 1.807) is 0 Å². The Morgan fingerprint density at radius 2 is 0.700 bits per heavy atom. The number of nitrogens with zero attached hydrogens (tertiary/aromatic N) is 2. The average Bonchev–Trinajstić information content (AvgIpc) is 3.66. The van der Waals surface area contributed by atoms with Crippen LogP contribution in [0.5, 0.6) is 0 Å². The predicted octanol–water partition coefficient (Wildman–Crippen LogP) is 14.6. The Kier molecular flexibility index (Phi) is 12.7. The van der Waals surface area contributed by atoms with Gasteiger partial charge in [0, 0.05) is 11.1 Å². The predicted molar refractivity (Wildman–Crippen MR) is 241 cm³/mol. The SMILES string of the molecule is CSC1=C(SC)SC(=Cc2cc(-c3cc(C=C4SC(SC)=C(SC)S4)cc(-c4c(C)cc(C)cc4C)n3)nc(-c3c(C)cc(C)cc3C)c2)S1. The summed E-state index contributed by atoms with van der Waals surface area (Å²) < 4.78 is 8.06. The van der Waals surface area contributed by atoms with E-state index in [4.69, 9.17) is 9.97 Å². The third-order valence-electron chi connectivity index (χ3n) is 8.24. The van der Waals surface area contributed by atoms with E-state index in [2.05, 4.69) is 127 Å². The number of rotatable bonds is 9. The van der Waals surface area contributed by atoms with Crippen molar-refractivity contribution in [1.29, 1.82) is 0 Å². The number of pyridine rings is 2. The van der Waals surface area contributed by atoms with E-state index in [0.717, 1.165) is 33.9 Å². The fourth-order valence-corrected chi connectivity index (χ4v) is 16.3. The van der Waals surface area contributed by atoms with Crippen molar-refractivity contribution in [3.63, 3.8) is 0 Å². The van der Waals surface area contributed by atoms with Crippen LogP contribution in [-0.2, 0) is 0 Å². The molecule has 2 aliphatic rings. The largest absolute Gasteiger partial charge is 0.246 e. The van der Waals surface area contributed by atoms with E-state index < -0.39 is 0 Å². The fraction of sp³-hybridized carbons (Fsp3) is 0.250. The van der Waals surface area contributed by atoms with E-state index >= 15 is 0 Å². The first-order valence-electron chi connectivity index (χ1n) is 16.0. The Morgan fingerprint density at radius 3 is 0.980 bits per heavy atom. The molecule has 0 amide bonds. The molecule has 0 fully saturated rings. The first-order chi connectivity index (χ1) is 24.0. The zero-order chi connectivity index (χ0) is 35.7. The number of aryl methyl sites for hydroxylation is 6. The van der Waals surface area contributed by atoms with Gasteiger partial charge in [-0.2, -0.15) is 0 Å². The Morgan fingerprint density at radius 1 is 0.420 bits per heavy atom. The number of hydrogen-bond donors (Lipinski definition) is 0. The zero-order valence-corrected chi connectivity index (χ0v) is 36.5. The van der Waals surface area contributed by atoms with Gasteiger partial charge in [0.15, 0.2) is 0 Å². The summed E-state index contributed by atoms with van der Waals surface area (Å²) in [6.45, 7) is 13.1. The maximum Gasteiger partial charge on any atom is 0.0900 e. The van der Waals surface area contributed by atoms with Crippen molar-refractivity contribution in [2.75, 3.05) is 25.0 Å². The van der Waals surface area contributed by atoms with Crippen LogP contribution in [0.25, 0.3) is 46.1 Å². The highest BCUT2D eigenvalue weighted by Crippen LogP contribution is 2.58. The van der Waals surface area contributed by atoms with Gasteiger partial charge in [0.25, 0.3) is 0 Å². The summed E-state index contributed by atoms with van der Waals surface area (Å²) in [7, 11) is 0. The van der Waals surface area contributed by atoms with Crippen LogP contribution < -0.4 is 0 Å². The van der Waals surface area contributed by atoms with Crippen molar-refractivity contribution < 1.29 is 0 Å². The van der Waals surface area contributed by atoms with Gasteiger partial charge >= 0.3 is 0 Å². The molecule has 0 bridgehead atoms. The van der Waals surface area contributed by atoms with Gasteiger partial charge in [0.05, 0.1) is 48.2 Å². The lowest BCUT2D eigenvalue weighted by atomic mass is 9.95. The molecular formula is C40H40N2S8. The molecule has 0 aliphatic carbocycles. The topological polar surface area (TPSA) is 25.8 Å². The van der Waals surface area contributed by atoms with E-state index in [9.17, 15) is 0 Å². The minimum absolute atomic E-state index is 0.883. The average molecular weight is 805 g/mol. The van der Waals surface area contributed by atoms with Crippen molar-refractivity contribution in [1.82, 2.24) is 9.97 Å². The molecule has 2 nitrogen and oxygen atoms in total. The monoisotopic (exact) mass is 804 g/mol. The molecule has 50 heavy (non-hydrogen) atoms. The second kappa shape index (κ2) is 16.7. The first kappa shape index (κ1) is 38.2. The third-order valence-corrected chi connectivity index (χ3v) is 18.4. The van der Waals surface area contributed by atoms with Crippen LogP contribution in [-0.4, -0.2) is 35.0 Å². The second-order valence-corrected chi connectivity index (χ2v) is 21.2. The van der Waals surface area contributed by atoms with Crippen LogP contribution in [0.2, 0.25) is 0 Å². The highest BCUT2D eigenvalue weighted by atomic mass is 32.3. The van der Waals surface area contributed by atoms with Crippen LogP contribution in [0.1, 0.15) is 44.5 Å². The Bertz CT molecular complexity index is 1890. The van der Waals surface area contributed by atoms with Gasteiger partial charge < -0.3 is 0 Å². The molecule has 0 atom stereocenters. The molecule has 0 saturated heterocycles. The van der Waals surface area contributed by atoms with Crippen molar-refractivity contribution in [2.45, 2.75) is 41.5 Å². The van der Waals surface area contributed by atoms with E-state index in [0.29, 0.717) is 0 Å². The molecule has 0 radical (unpaired) electrons. The standard InChI is InChI=1S/C40H40N2S8/c1-21-11-23(3)35(24(4)12-21)31-17-27(19-33-47-37(43-7)38(44-8)48-33)15-29(41-31)30-16-28(20-34-49-39(45-9)40(46-10)50-34)18-32(42-30)36-25(5)13-22(2)14-26(36)6/h11-20H,1-10H3. The van der Waals surface area contributed by atoms with Crippen LogP contribution in [0.4, 0.5) is 0 Å². The minimum atomic E-state index is 0.883. The molecule has 0 spiro atoms. The zero-order valence-electron chi connectivity index (χ0n) is 29.9. The van der Waals surface area contributed by atoms with Crippen molar-refractivity contribution in [2.24, 2.45) is 0 Å². The highest BCUT2D eigenvalue weighted by molar-refractivity contribution is 8.41. The molecule has 10 heteroatoms. The summed E-state index contributed by atoms with van der Waals surface area (Å²) in [5, 5.41) is 0. The fourth-order valence-electron chi connectivity index (χ4n) is 6.42. The molecule has 2 aromatic heterocycles. The summed E-state index contributed by atoms with van der Waals surface area (Å²) in [6.07, 6.45) is 13.3. The Balaban J connectivity index is 1.56. The first-order valence-corrected chi connectivity index (χ1v) is 24.2. The molecule has 2 aromatic carbocycles. The second-order valence-electron chi connectivity index (χ2n) is 12.2. The highest BCUT2D eigenvalue weighted by Gasteiger charge is 2.23. The Labute approximate surface area is 332 Å². The molecule has 0 N–H and O–H groups in total. The van der Waals surface area contributed by atoms with Gasteiger partial charge in [0.1, 0.15) is 0 Å². The van der Waals surface area contributed by atoms with Crippen LogP contribution in [0.15, 0.2) is 74.0 Å². The quantitative estimate of drug-likeness (QED) is 0.163. The maximum atomic E-state index is 5.41. The van der Waals surface area contributed by atoms with Crippen LogP contribution >= 0.6 is 94.1 Å². The molecule has 258 valence electrons.